The monoisotopic (exact) mass is 351 g/mol. The molecule has 4 rings (SSSR count). The number of nitrogens with two attached hydrogens (primary N) is 1. The van der Waals surface area contributed by atoms with Gasteiger partial charge in [0.2, 0.25) is 0 Å². The van der Waals surface area contributed by atoms with Gasteiger partial charge < -0.3 is 11.1 Å². The van der Waals surface area contributed by atoms with E-state index in [1.165, 1.54) is 16.7 Å². The second-order valence-corrected chi connectivity index (χ2v) is 6.03. The zero-order chi connectivity index (χ0) is 14.2. The summed E-state index contributed by atoms with van der Waals surface area (Å²) in [4.78, 5) is 2.59. The first-order chi connectivity index (χ1) is 10.3. The van der Waals surface area contributed by atoms with Gasteiger partial charge in [-0.2, -0.15) is 0 Å². The molecule has 0 aromatic heterocycles. The van der Waals surface area contributed by atoms with Crippen LogP contribution in [-0.2, 0) is 0 Å². The van der Waals surface area contributed by atoms with E-state index >= 15 is 0 Å². The summed E-state index contributed by atoms with van der Waals surface area (Å²) in [6, 6.07) is 17.6. The summed E-state index contributed by atoms with van der Waals surface area (Å²) in [5.74, 6) is 0.430. The normalized spacial score (nSPS) is 23.0. The lowest BCUT2D eigenvalue weighted by Gasteiger charge is -2.44. The van der Waals surface area contributed by atoms with Gasteiger partial charge in [0, 0.05) is 43.8 Å². The number of anilines is 1. The Labute approximate surface area is 150 Å². The number of benzene rings is 2. The number of hydrogen-bond donors (Lipinski definition) is 2. The van der Waals surface area contributed by atoms with Crippen molar-refractivity contribution >= 4 is 30.5 Å². The second kappa shape index (κ2) is 7.54. The van der Waals surface area contributed by atoms with Crippen molar-refractivity contribution in [2.24, 2.45) is 0 Å². The van der Waals surface area contributed by atoms with Gasteiger partial charge in [0.25, 0.3) is 0 Å². The maximum atomic E-state index is 6.33. The number of nitrogens with one attached hydrogen (secondary N) is 1. The average Bonchev–Trinajstić information content (AvgIpc) is 2.55. The Hall–Kier alpha value is -1.26. The maximum absolute atomic E-state index is 6.33. The first-order valence-electron chi connectivity index (χ1n) is 7.72. The Bertz CT molecular complexity index is 648. The number of fused-ring (bicyclic) bond motifs is 3. The van der Waals surface area contributed by atoms with Crippen LogP contribution >= 0.6 is 24.8 Å². The molecule has 0 unspecified atom stereocenters. The van der Waals surface area contributed by atoms with Crippen molar-refractivity contribution in [3.63, 3.8) is 0 Å². The van der Waals surface area contributed by atoms with Crippen LogP contribution in [0.4, 0.5) is 5.69 Å². The Kier molecular flexibility index (Phi) is 5.93. The molecule has 5 heteroatoms. The number of nitrogen functional groups attached to an aromatic ring is 1. The van der Waals surface area contributed by atoms with E-state index in [1.54, 1.807) is 0 Å². The molecule has 0 amide bonds. The molecule has 1 saturated heterocycles. The lowest BCUT2D eigenvalue weighted by molar-refractivity contribution is 0.144. The Morgan fingerprint density at radius 2 is 1.78 bits per heavy atom. The molecule has 2 atom stereocenters. The minimum Gasteiger partial charge on any atom is -0.398 e. The van der Waals surface area contributed by atoms with Crippen LogP contribution in [-0.4, -0.2) is 31.1 Å². The molecule has 2 aliphatic rings. The zero-order valence-corrected chi connectivity index (χ0v) is 14.6. The highest BCUT2D eigenvalue weighted by Gasteiger charge is 2.36. The molecule has 0 saturated carbocycles. The van der Waals surface area contributed by atoms with Crippen LogP contribution in [0, 0.1) is 0 Å². The summed E-state index contributed by atoms with van der Waals surface area (Å²) < 4.78 is 0. The Morgan fingerprint density at radius 3 is 2.57 bits per heavy atom. The lowest BCUT2D eigenvalue weighted by atomic mass is 9.80. The number of piperazine rings is 1. The topological polar surface area (TPSA) is 41.3 Å². The lowest BCUT2D eigenvalue weighted by Crippen LogP contribution is -2.50. The highest BCUT2D eigenvalue weighted by atomic mass is 35.5. The quantitative estimate of drug-likeness (QED) is 0.775. The summed E-state index contributed by atoms with van der Waals surface area (Å²) in [7, 11) is 0. The van der Waals surface area contributed by atoms with Crippen molar-refractivity contribution < 1.29 is 0 Å². The van der Waals surface area contributed by atoms with Gasteiger partial charge in [-0.3, -0.25) is 4.90 Å². The van der Waals surface area contributed by atoms with Crippen molar-refractivity contribution in [3.8, 4) is 0 Å². The third kappa shape index (κ3) is 3.20. The molecule has 0 spiro atoms. The van der Waals surface area contributed by atoms with E-state index in [2.05, 4.69) is 52.7 Å². The first kappa shape index (κ1) is 18.1. The third-order valence-corrected chi connectivity index (χ3v) is 4.86. The number of halogens is 2. The molecule has 2 heterocycles. The van der Waals surface area contributed by atoms with E-state index in [1.807, 2.05) is 6.07 Å². The largest absolute Gasteiger partial charge is 0.398 e. The van der Waals surface area contributed by atoms with Gasteiger partial charge in [-0.05, 0) is 22.8 Å². The summed E-state index contributed by atoms with van der Waals surface area (Å²) in [5.41, 5.74) is 11.4. The van der Waals surface area contributed by atoms with Gasteiger partial charge in [-0.15, -0.1) is 24.8 Å². The molecule has 2 aliphatic heterocycles. The summed E-state index contributed by atoms with van der Waals surface area (Å²) in [6.45, 7) is 4.26. The van der Waals surface area contributed by atoms with Gasteiger partial charge in [0.1, 0.15) is 0 Å². The maximum Gasteiger partial charge on any atom is 0.0496 e. The fraction of sp³-hybridized carbons (Fsp3) is 0.333. The minimum atomic E-state index is 0. The van der Waals surface area contributed by atoms with Crippen molar-refractivity contribution in [2.75, 3.05) is 31.9 Å². The van der Waals surface area contributed by atoms with Crippen LogP contribution in [0.2, 0.25) is 0 Å². The highest BCUT2D eigenvalue weighted by molar-refractivity contribution is 5.85. The molecule has 0 bridgehead atoms. The highest BCUT2D eigenvalue weighted by Crippen LogP contribution is 2.42. The Balaban J connectivity index is 0.000000960. The van der Waals surface area contributed by atoms with Crippen LogP contribution in [0.5, 0.6) is 0 Å². The van der Waals surface area contributed by atoms with Crippen LogP contribution in [0.25, 0.3) is 0 Å². The number of nitrogens with zero attached hydrogens (tertiary/aromatic N) is 1. The molecule has 3 N–H and O–H groups in total. The summed E-state index contributed by atoms with van der Waals surface area (Å²) >= 11 is 0. The molecule has 2 aromatic carbocycles. The molecule has 0 radical (unpaired) electrons. The average molecular weight is 352 g/mol. The van der Waals surface area contributed by atoms with E-state index < -0.39 is 0 Å². The van der Waals surface area contributed by atoms with Crippen LogP contribution in [0.1, 0.15) is 28.7 Å². The van der Waals surface area contributed by atoms with Crippen LogP contribution in [0.15, 0.2) is 48.5 Å². The molecule has 124 valence electrons. The SMILES string of the molecule is Cl.Cl.Nc1cccc2c1[C@H]1CNCCN1C[C@H]2c1ccccc1. The molecular formula is C18H23Cl2N3. The zero-order valence-electron chi connectivity index (χ0n) is 12.9. The van der Waals surface area contributed by atoms with E-state index in [0.29, 0.717) is 12.0 Å². The standard InChI is InChI=1S/C18H21N3.2ClH/c19-16-8-4-7-14-15(13-5-2-1-3-6-13)12-21-10-9-20-11-17(21)18(14)16;;/h1-8,15,17,20H,9-12,19H2;2*1H/t15-,17+;;/m0../s1. The predicted molar refractivity (Wildman–Crippen MR) is 101 cm³/mol. The predicted octanol–water partition coefficient (Wildman–Crippen LogP) is 3.20. The van der Waals surface area contributed by atoms with Crippen LogP contribution < -0.4 is 11.1 Å². The van der Waals surface area contributed by atoms with Gasteiger partial charge >= 0.3 is 0 Å². The minimum absolute atomic E-state index is 0. The summed E-state index contributed by atoms with van der Waals surface area (Å²) in [6.07, 6.45) is 0. The molecular weight excluding hydrogens is 329 g/mol. The van der Waals surface area contributed by atoms with E-state index in [4.69, 9.17) is 5.73 Å². The fourth-order valence-electron chi connectivity index (χ4n) is 3.84. The molecule has 2 aromatic rings. The summed E-state index contributed by atoms with van der Waals surface area (Å²) in [5, 5.41) is 3.51. The molecule has 1 fully saturated rings. The first-order valence-corrected chi connectivity index (χ1v) is 7.72. The number of hydrogen-bond acceptors (Lipinski definition) is 3. The van der Waals surface area contributed by atoms with Crippen molar-refractivity contribution in [1.29, 1.82) is 0 Å². The van der Waals surface area contributed by atoms with Gasteiger partial charge in [0.15, 0.2) is 0 Å². The van der Waals surface area contributed by atoms with Gasteiger partial charge in [-0.1, -0.05) is 42.5 Å². The Morgan fingerprint density at radius 1 is 1.00 bits per heavy atom. The van der Waals surface area contributed by atoms with Crippen molar-refractivity contribution in [2.45, 2.75) is 12.0 Å². The van der Waals surface area contributed by atoms with Crippen molar-refractivity contribution in [1.82, 2.24) is 10.2 Å². The van der Waals surface area contributed by atoms with Gasteiger partial charge in [-0.25, -0.2) is 0 Å². The van der Waals surface area contributed by atoms with E-state index in [-0.39, 0.29) is 24.8 Å². The molecule has 0 aliphatic carbocycles. The van der Waals surface area contributed by atoms with Crippen molar-refractivity contribution in [3.05, 3.63) is 65.2 Å². The van der Waals surface area contributed by atoms with E-state index in [0.717, 1.165) is 31.9 Å². The van der Waals surface area contributed by atoms with E-state index in [9.17, 15) is 0 Å². The second-order valence-electron chi connectivity index (χ2n) is 6.03. The number of rotatable bonds is 1. The smallest absolute Gasteiger partial charge is 0.0496 e. The third-order valence-electron chi connectivity index (χ3n) is 4.86. The fourth-order valence-corrected chi connectivity index (χ4v) is 3.84. The molecule has 3 nitrogen and oxygen atoms in total. The molecule has 23 heavy (non-hydrogen) atoms. The van der Waals surface area contributed by atoms with Crippen LogP contribution in [0.3, 0.4) is 0 Å². The van der Waals surface area contributed by atoms with Gasteiger partial charge in [0.05, 0.1) is 0 Å².